The van der Waals surface area contributed by atoms with Crippen LogP contribution in [0.3, 0.4) is 0 Å². The Labute approximate surface area is 118 Å². The van der Waals surface area contributed by atoms with Crippen LogP contribution >= 0.6 is 27.5 Å². The number of rotatable bonds is 3. The van der Waals surface area contributed by atoms with Crippen molar-refractivity contribution in [3.05, 3.63) is 57.3 Å². The molecule has 0 amide bonds. The molecule has 0 spiro atoms. The second-order valence-electron chi connectivity index (χ2n) is 3.66. The predicted octanol–water partition coefficient (Wildman–Crippen LogP) is 4.40. The van der Waals surface area contributed by atoms with Crippen molar-refractivity contribution < 1.29 is 9.13 Å². The molecule has 2 aromatic carbocycles. The van der Waals surface area contributed by atoms with Crippen molar-refractivity contribution in [3.63, 3.8) is 0 Å². The molecular weight excluding hydrogens is 321 g/mol. The number of para-hydroxylation sites is 1. The van der Waals surface area contributed by atoms with E-state index in [9.17, 15) is 4.39 Å². The summed E-state index contributed by atoms with van der Waals surface area (Å²) in [4.78, 5) is 0. The van der Waals surface area contributed by atoms with Gasteiger partial charge in [-0.3, -0.25) is 0 Å². The van der Waals surface area contributed by atoms with Crippen LogP contribution in [0.25, 0.3) is 0 Å². The highest BCUT2D eigenvalue weighted by molar-refractivity contribution is 9.10. The lowest BCUT2D eigenvalue weighted by Crippen LogP contribution is -2.00. The highest BCUT2D eigenvalue weighted by Crippen LogP contribution is 2.32. The fourth-order valence-corrected chi connectivity index (χ4v) is 2.10. The Morgan fingerprint density at radius 3 is 2.67 bits per heavy atom. The molecule has 0 heterocycles. The van der Waals surface area contributed by atoms with Gasteiger partial charge in [0.1, 0.15) is 12.4 Å². The monoisotopic (exact) mass is 329 g/mol. The van der Waals surface area contributed by atoms with Crippen molar-refractivity contribution in [3.8, 4) is 5.75 Å². The third kappa shape index (κ3) is 2.76. The van der Waals surface area contributed by atoms with Crippen molar-refractivity contribution >= 4 is 33.2 Å². The molecule has 2 nitrogen and oxygen atoms in total. The van der Waals surface area contributed by atoms with Gasteiger partial charge in [-0.2, -0.15) is 0 Å². The topological polar surface area (TPSA) is 35.2 Å². The zero-order valence-corrected chi connectivity index (χ0v) is 11.6. The Bertz CT molecular complexity index is 557. The minimum Gasteiger partial charge on any atom is -0.485 e. The van der Waals surface area contributed by atoms with Gasteiger partial charge in [0, 0.05) is 5.56 Å². The molecule has 0 radical (unpaired) electrons. The molecule has 2 N–H and O–H groups in total. The van der Waals surface area contributed by atoms with Crippen LogP contribution in [0.5, 0.6) is 5.75 Å². The number of hydrogen-bond acceptors (Lipinski definition) is 2. The smallest absolute Gasteiger partial charge is 0.161 e. The Kier molecular flexibility index (Phi) is 4.09. The quantitative estimate of drug-likeness (QED) is 0.846. The average Bonchev–Trinajstić information content (AvgIpc) is 2.33. The van der Waals surface area contributed by atoms with E-state index in [4.69, 9.17) is 22.1 Å². The second kappa shape index (κ2) is 5.59. The maximum atomic E-state index is 13.3. The Balaban J connectivity index is 2.19. The van der Waals surface area contributed by atoms with E-state index in [0.29, 0.717) is 26.5 Å². The maximum Gasteiger partial charge on any atom is 0.161 e. The highest BCUT2D eigenvalue weighted by atomic mass is 79.9. The van der Waals surface area contributed by atoms with Crippen LogP contribution in [0.1, 0.15) is 5.56 Å². The second-order valence-corrected chi connectivity index (χ2v) is 4.86. The summed E-state index contributed by atoms with van der Waals surface area (Å²) in [5, 5.41) is 0.433. The molecule has 2 rings (SSSR count). The van der Waals surface area contributed by atoms with E-state index in [-0.39, 0.29) is 12.4 Å². The van der Waals surface area contributed by atoms with E-state index < -0.39 is 0 Å². The van der Waals surface area contributed by atoms with Gasteiger partial charge in [-0.05, 0) is 34.1 Å². The molecule has 0 aliphatic heterocycles. The minimum absolute atomic E-state index is 0.187. The number of nitrogen functional groups attached to an aromatic ring is 1. The molecule has 0 saturated carbocycles. The summed E-state index contributed by atoms with van der Waals surface area (Å²) in [6.07, 6.45) is 0. The molecule has 0 saturated heterocycles. The zero-order chi connectivity index (χ0) is 13.1. The van der Waals surface area contributed by atoms with Crippen LogP contribution in [0, 0.1) is 5.82 Å². The van der Waals surface area contributed by atoms with Gasteiger partial charge in [-0.1, -0.05) is 29.8 Å². The molecule has 0 fully saturated rings. The average molecular weight is 331 g/mol. The van der Waals surface area contributed by atoms with Gasteiger partial charge >= 0.3 is 0 Å². The first-order chi connectivity index (χ1) is 8.59. The van der Waals surface area contributed by atoms with Crippen LogP contribution in [-0.4, -0.2) is 0 Å². The van der Waals surface area contributed by atoms with Crippen molar-refractivity contribution in [1.29, 1.82) is 0 Å². The number of nitrogens with two attached hydrogens (primary N) is 1. The summed E-state index contributed by atoms with van der Waals surface area (Å²) >= 11 is 9.15. The Morgan fingerprint density at radius 2 is 1.94 bits per heavy atom. The molecule has 94 valence electrons. The van der Waals surface area contributed by atoms with E-state index in [0.717, 1.165) is 0 Å². The zero-order valence-electron chi connectivity index (χ0n) is 9.29. The number of ether oxygens (including phenoxy) is 1. The van der Waals surface area contributed by atoms with E-state index in [1.807, 2.05) is 0 Å². The molecule has 0 aromatic heterocycles. The molecular formula is C13H10BrClFNO. The van der Waals surface area contributed by atoms with Gasteiger partial charge in [-0.15, -0.1) is 0 Å². The van der Waals surface area contributed by atoms with Crippen LogP contribution in [-0.2, 0) is 6.61 Å². The van der Waals surface area contributed by atoms with E-state index >= 15 is 0 Å². The standard InChI is InChI=1S/C13H10BrClFNO/c14-12-8(3-1-5-10(12)16)7-18-13-9(15)4-2-6-11(13)17/h1-6H,7,17H2. The van der Waals surface area contributed by atoms with Gasteiger partial charge in [-0.25, -0.2) is 4.39 Å². The molecule has 0 bridgehead atoms. The van der Waals surface area contributed by atoms with Crippen molar-refractivity contribution in [2.75, 3.05) is 5.73 Å². The highest BCUT2D eigenvalue weighted by Gasteiger charge is 2.09. The minimum atomic E-state index is -0.330. The molecule has 0 aliphatic carbocycles. The molecule has 5 heteroatoms. The third-order valence-electron chi connectivity index (χ3n) is 2.40. The SMILES string of the molecule is Nc1cccc(Cl)c1OCc1cccc(F)c1Br. The molecule has 18 heavy (non-hydrogen) atoms. The Morgan fingerprint density at radius 1 is 1.22 bits per heavy atom. The fourth-order valence-electron chi connectivity index (χ4n) is 1.49. The predicted molar refractivity (Wildman–Crippen MR) is 74.3 cm³/mol. The fraction of sp³-hybridized carbons (Fsp3) is 0.0769. The van der Waals surface area contributed by atoms with Gasteiger partial charge in [0.2, 0.25) is 0 Å². The van der Waals surface area contributed by atoms with Gasteiger partial charge in [0.15, 0.2) is 5.75 Å². The first-order valence-electron chi connectivity index (χ1n) is 5.19. The lowest BCUT2D eigenvalue weighted by molar-refractivity contribution is 0.306. The summed E-state index contributed by atoms with van der Waals surface area (Å²) in [6, 6.07) is 9.88. The summed E-state index contributed by atoms with van der Waals surface area (Å²) in [6.45, 7) is 0.187. The Hall–Kier alpha value is -1.26. The van der Waals surface area contributed by atoms with Gasteiger partial charge < -0.3 is 10.5 Å². The lowest BCUT2D eigenvalue weighted by Gasteiger charge is -2.11. The first-order valence-corrected chi connectivity index (χ1v) is 6.36. The maximum absolute atomic E-state index is 13.3. The molecule has 0 aliphatic rings. The van der Waals surface area contributed by atoms with Gasteiger partial charge in [0.05, 0.1) is 15.2 Å². The van der Waals surface area contributed by atoms with Crippen LogP contribution < -0.4 is 10.5 Å². The summed E-state index contributed by atoms with van der Waals surface area (Å²) in [5.41, 5.74) is 6.90. The number of hydrogen-bond donors (Lipinski definition) is 1. The van der Waals surface area contributed by atoms with E-state index in [1.165, 1.54) is 6.07 Å². The first kappa shape index (κ1) is 13.2. The summed E-state index contributed by atoms with van der Waals surface area (Å²) < 4.78 is 19.2. The van der Waals surface area contributed by atoms with Crippen molar-refractivity contribution in [2.24, 2.45) is 0 Å². The number of benzene rings is 2. The number of halogens is 3. The van der Waals surface area contributed by atoms with Gasteiger partial charge in [0.25, 0.3) is 0 Å². The van der Waals surface area contributed by atoms with Crippen LogP contribution in [0.2, 0.25) is 5.02 Å². The third-order valence-corrected chi connectivity index (χ3v) is 3.59. The lowest BCUT2D eigenvalue weighted by atomic mass is 10.2. The summed E-state index contributed by atoms with van der Waals surface area (Å²) in [7, 11) is 0. The van der Waals surface area contributed by atoms with Crippen molar-refractivity contribution in [1.82, 2.24) is 0 Å². The number of anilines is 1. The van der Waals surface area contributed by atoms with Crippen LogP contribution in [0.4, 0.5) is 10.1 Å². The normalized spacial score (nSPS) is 10.4. The molecule has 0 atom stereocenters. The van der Waals surface area contributed by atoms with E-state index in [1.54, 1.807) is 30.3 Å². The molecule has 0 unspecified atom stereocenters. The van der Waals surface area contributed by atoms with E-state index in [2.05, 4.69) is 15.9 Å². The largest absolute Gasteiger partial charge is 0.485 e. The summed E-state index contributed by atoms with van der Waals surface area (Å²) in [5.74, 6) is 0.0820. The van der Waals surface area contributed by atoms with Crippen LogP contribution in [0.15, 0.2) is 40.9 Å². The molecule has 2 aromatic rings. The van der Waals surface area contributed by atoms with Crippen molar-refractivity contribution in [2.45, 2.75) is 6.61 Å².